The van der Waals surface area contributed by atoms with E-state index >= 15 is 0 Å². The second-order valence-corrected chi connectivity index (χ2v) is 8.86. The van der Waals surface area contributed by atoms with Crippen LogP contribution >= 0.6 is 0 Å². The fourth-order valence-electron chi connectivity index (χ4n) is 4.28. The molecule has 0 radical (unpaired) electrons. The number of carbonyl (C=O) groups excluding carboxylic acids is 2. The van der Waals surface area contributed by atoms with Crippen LogP contribution in [0.5, 0.6) is 0 Å². The maximum absolute atomic E-state index is 12.8. The normalized spacial score (nSPS) is 12.8. The highest BCUT2D eigenvalue weighted by atomic mass is 16.4. The molecule has 0 spiro atoms. The van der Waals surface area contributed by atoms with Crippen molar-refractivity contribution in [1.29, 1.82) is 0 Å². The molecule has 186 valence electrons. The van der Waals surface area contributed by atoms with E-state index < -0.39 is 17.9 Å². The van der Waals surface area contributed by atoms with Crippen LogP contribution in [0.3, 0.4) is 0 Å². The maximum atomic E-state index is 12.8. The van der Waals surface area contributed by atoms with Crippen molar-refractivity contribution in [2.75, 3.05) is 23.7 Å². The van der Waals surface area contributed by atoms with E-state index in [1.54, 1.807) is 12.3 Å². The SMILES string of the molecule is O=C(CCCNc1ccccn1)Cc1ccc(C[C@H](NC(=O)c2cccc3c2NCC3)C(=O)O)cc1. The van der Waals surface area contributed by atoms with Gasteiger partial charge in [-0.1, -0.05) is 42.5 Å². The van der Waals surface area contributed by atoms with Crippen LogP contribution in [0.2, 0.25) is 0 Å². The summed E-state index contributed by atoms with van der Waals surface area (Å²) in [6.45, 7) is 1.44. The molecule has 1 atom stereocenters. The lowest BCUT2D eigenvalue weighted by atomic mass is 10.0. The Kier molecular flexibility index (Phi) is 8.28. The Morgan fingerprint density at radius 2 is 1.81 bits per heavy atom. The standard InChI is InChI=1S/C28H30N4O4/c33-22(6-4-15-30-25-8-1-2-14-29-25)17-19-9-11-20(12-10-19)18-24(28(35)36)32-27(34)23-7-3-5-21-13-16-31-26(21)23/h1-3,5,7-12,14,24,31H,4,6,13,15-18H2,(H,29,30)(H,32,34)(H,35,36)/t24-/m0/s1. The van der Waals surface area contributed by atoms with Gasteiger partial charge in [0.25, 0.3) is 5.91 Å². The highest BCUT2D eigenvalue weighted by Crippen LogP contribution is 2.26. The third-order valence-corrected chi connectivity index (χ3v) is 6.16. The molecule has 0 saturated carbocycles. The summed E-state index contributed by atoms with van der Waals surface area (Å²) in [6, 6.07) is 17.4. The summed E-state index contributed by atoms with van der Waals surface area (Å²) in [5.41, 5.74) is 3.95. The molecular formula is C28H30N4O4. The van der Waals surface area contributed by atoms with Crippen molar-refractivity contribution < 1.29 is 19.5 Å². The number of anilines is 2. The zero-order valence-corrected chi connectivity index (χ0v) is 20.0. The number of aromatic nitrogens is 1. The Balaban J connectivity index is 1.26. The summed E-state index contributed by atoms with van der Waals surface area (Å²) in [6.07, 6.45) is 4.22. The zero-order chi connectivity index (χ0) is 25.3. The third kappa shape index (κ3) is 6.69. The van der Waals surface area contributed by atoms with Crippen LogP contribution in [-0.2, 0) is 28.9 Å². The molecular weight excluding hydrogens is 456 g/mol. The number of rotatable bonds is 12. The number of pyridine rings is 1. The predicted molar refractivity (Wildman–Crippen MR) is 138 cm³/mol. The minimum Gasteiger partial charge on any atom is -0.480 e. The van der Waals surface area contributed by atoms with Gasteiger partial charge in [-0.05, 0) is 47.7 Å². The summed E-state index contributed by atoms with van der Waals surface area (Å²) in [4.78, 5) is 41.2. The highest BCUT2D eigenvalue weighted by Gasteiger charge is 2.24. The number of carboxylic acid groups (broad SMARTS) is 1. The number of hydrogen-bond acceptors (Lipinski definition) is 6. The van der Waals surface area contributed by atoms with Gasteiger partial charge in [0.15, 0.2) is 0 Å². The number of fused-ring (bicyclic) bond motifs is 1. The zero-order valence-electron chi connectivity index (χ0n) is 20.0. The lowest BCUT2D eigenvalue weighted by molar-refractivity contribution is -0.139. The molecule has 1 aliphatic heterocycles. The largest absolute Gasteiger partial charge is 0.480 e. The van der Waals surface area contributed by atoms with Gasteiger partial charge in [0.2, 0.25) is 0 Å². The summed E-state index contributed by atoms with van der Waals surface area (Å²) in [5, 5.41) is 18.7. The first-order chi connectivity index (χ1) is 17.5. The van der Waals surface area contributed by atoms with E-state index in [9.17, 15) is 19.5 Å². The predicted octanol–water partition coefficient (Wildman–Crippen LogP) is 3.48. The van der Waals surface area contributed by atoms with Crippen LogP contribution < -0.4 is 16.0 Å². The second kappa shape index (κ2) is 12.0. The smallest absolute Gasteiger partial charge is 0.326 e. The molecule has 0 fully saturated rings. The molecule has 1 aromatic heterocycles. The molecule has 1 amide bonds. The minimum atomic E-state index is -1.09. The number of carboxylic acids is 1. The average Bonchev–Trinajstić information content (AvgIpc) is 3.37. The lowest BCUT2D eigenvalue weighted by Gasteiger charge is -2.16. The molecule has 4 rings (SSSR count). The van der Waals surface area contributed by atoms with Gasteiger partial charge < -0.3 is 21.1 Å². The molecule has 0 unspecified atom stereocenters. The number of nitrogens with zero attached hydrogens (tertiary/aromatic N) is 1. The lowest BCUT2D eigenvalue weighted by Crippen LogP contribution is -2.42. The van der Waals surface area contributed by atoms with Gasteiger partial charge >= 0.3 is 5.97 Å². The number of nitrogens with one attached hydrogen (secondary N) is 3. The van der Waals surface area contributed by atoms with Gasteiger partial charge in [0, 0.05) is 38.5 Å². The number of ketones is 1. The van der Waals surface area contributed by atoms with Crippen LogP contribution in [-0.4, -0.2) is 46.9 Å². The van der Waals surface area contributed by atoms with Crippen LogP contribution in [0.15, 0.2) is 66.9 Å². The van der Waals surface area contributed by atoms with E-state index in [2.05, 4.69) is 20.9 Å². The molecule has 0 saturated heterocycles. The van der Waals surface area contributed by atoms with E-state index in [-0.39, 0.29) is 12.2 Å². The number of para-hydroxylation sites is 1. The fraction of sp³-hybridized carbons (Fsp3) is 0.286. The first-order valence-electron chi connectivity index (χ1n) is 12.1. The topological polar surface area (TPSA) is 120 Å². The van der Waals surface area contributed by atoms with Crippen molar-refractivity contribution >= 4 is 29.2 Å². The highest BCUT2D eigenvalue weighted by molar-refractivity contribution is 6.02. The van der Waals surface area contributed by atoms with E-state index in [0.29, 0.717) is 31.4 Å². The molecule has 8 nitrogen and oxygen atoms in total. The Bertz CT molecular complexity index is 1210. The van der Waals surface area contributed by atoms with Crippen molar-refractivity contribution in [2.45, 2.75) is 38.1 Å². The molecule has 2 heterocycles. The van der Waals surface area contributed by atoms with Crippen molar-refractivity contribution in [1.82, 2.24) is 10.3 Å². The van der Waals surface area contributed by atoms with Gasteiger partial charge in [0.05, 0.1) is 11.3 Å². The first kappa shape index (κ1) is 24.9. The van der Waals surface area contributed by atoms with Gasteiger partial charge in [-0.2, -0.15) is 0 Å². The Labute approximate surface area is 210 Å². The monoisotopic (exact) mass is 486 g/mol. The van der Waals surface area contributed by atoms with Gasteiger partial charge in [-0.3, -0.25) is 9.59 Å². The van der Waals surface area contributed by atoms with Gasteiger partial charge in [0.1, 0.15) is 17.6 Å². The number of amides is 1. The molecule has 8 heteroatoms. The maximum Gasteiger partial charge on any atom is 0.326 e. The van der Waals surface area contributed by atoms with E-state index in [1.165, 1.54) is 0 Å². The second-order valence-electron chi connectivity index (χ2n) is 8.86. The van der Waals surface area contributed by atoms with Crippen molar-refractivity contribution in [3.8, 4) is 0 Å². The molecule has 1 aliphatic rings. The van der Waals surface area contributed by atoms with E-state index in [4.69, 9.17) is 0 Å². The molecule has 4 N–H and O–H groups in total. The fourth-order valence-corrected chi connectivity index (χ4v) is 4.28. The summed E-state index contributed by atoms with van der Waals surface area (Å²) in [5.74, 6) is -0.568. The summed E-state index contributed by atoms with van der Waals surface area (Å²) < 4.78 is 0. The van der Waals surface area contributed by atoms with Gasteiger partial charge in [-0.25, -0.2) is 9.78 Å². The quantitative estimate of drug-likeness (QED) is 0.289. The number of carbonyl (C=O) groups is 3. The molecule has 0 bridgehead atoms. The van der Waals surface area contributed by atoms with Crippen LogP contribution in [0.1, 0.15) is 39.9 Å². The summed E-state index contributed by atoms with van der Waals surface area (Å²) in [7, 11) is 0. The number of hydrogen-bond donors (Lipinski definition) is 4. The Hall–Kier alpha value is -4.20. The molecule has 3 aromatic rings. The van der Waals surface area contributed by atoms with E-state index in [1.807, 2.05) is 54.6 Å². The molecule has 0 aliphatic carbocycles. The molecule has 2 aromatic carbocycles. The number of aliphatic carboxylic acids is 1. The Morgan fingerprint density at radius 1 is 1.00 bits per heavy atom. The van der Waals surface area contributed by atoms with E-state index in [0.717, 1.165) is 41.2 Å². The number of Topliss-reactive ketones (excluding diaryl/α,β-unsaturated/α-hetero) is 1. The van der Waals surface area contributed by atoms with Crippen molar-refractivity contribution in [3.05, 3.63) is 89.1 Å². The molecule has 36 heavy (non-hydrogen) atoms. The Morgan fingerprint density at radius 3 is 2.56 bits per heavy atom. The van der Waals surface area contributed by atoms with Gasteiger partial charge in [-0.15, -0.1) is 0 Å². The van der Waals surface area contributed by atoms with Crippen molar-refractivity contribution in [2.24, 2.45) is 0 Å². The van der Waals surface area contributed by atoms with Crippen LogP contribution in [0.25, 0.3) is 0 Å². The van der Waals surface area contributed by atoms with Crippen LogP contribution in [0, 0.1) is 0 Å². The summed E-state index contributed by atoms with van der Waals surface area (Å²) >= 11 is 0. The van der Waals surface area contributed by atoms with Crippen molar-refractivity contribution in [3.63, 3.8) is 0 Å². The third-order valence-electron chi connectivity index (χ3n) is 6.16. The first-order valence-corrected chi connectivity index (χ1v) is 12.1. The van der Waals surface area contributed by atoms with Crippen LogP contribution in [0.4, 0.5) is 11.5 Å². The minimum absolute atomic E-state index is 0.144. The number of benzene rings is 2. The average molecular weight is 487 g/mol.